The molecule has 0 bridgehead atoms. The molecule has 1 aliphatic heterocycles. The van der Waals surface area contributed by atoms with E-state index >= 15 is 0 Å². The van der Waals surface area contributed by atoms with Gasteiger partial charge < -0.3 is 112 Å². The van der Waals surface area contributed by atoms with Gasteiger partial charge in [-0.25, -0.2) is 0 Å². The Balaban J connectivity index is 1.55. The highest BCUT2D eigenvalue weighted by atomic mass is 32.2. The largest absolute Gasteiger partial charge is 0.614 e. The molecule has 65 heavy (non-hydrogen) atoms. The SMILES string of the molecule is Bc1c(O)c(O)c(C#Cc2c(O)c(O)c(C3N(c4cccc(C(N)=O)c4)C(=O)C(CC(=O)NC(O)(O)C(B)(O)c4ccc(OC(O)(O)O)c(OC(O)(O)O)c4)[S+]3[O-])c(O)c2O)c(O)c1O. The van der Waals surface area contributed by atoms with E-state index in [4.69, 9.17) is 5.73 Å². The summed E-state index contributed by atoms with van der Waals surface area (Å²) in [6.45, 7) is 0. The fraction of sp³-hybridized carbons (Fsp3) is 0.194. The summed E-state index contributed by atoms with van der Waals surface area (Å²) in [6.07, 6.45) is -9.29. The number of amides is 3. The summed E-state index contributed by atoms with van der Waals surface area (Å²) in [5, 5.41) is 171. The maximum Gasteiger partial charge on any atom is 0.453 e. The summed E-state index contributed by atoms with van der Waals surface area (Å²) < 4.78 is 23.0. The predicted molar refractivity (Wildman–Crippen MR) is 216 cm³/mol. The molecule has 4 atom stereocenters. The van der Waals surface area contributed by atoms with Gasteiger partial charge >= 0.3 is 12.3 Å². The van der Waals surface area contributed by atoms with Gasteiger partial charge in [0.1, 0.15) is 30.0 Å². The highest BCUT2D eigenvalue weighted by Gasteiger charge is 2.57. The van der Waals surface area contributed by atoms with Crippen LogP contribution < -0.4 is 30.9 Å². The number of hydrogen-bond acceptors (Lipinski definition) is 23. The molecule has 3 amide bonds. The average Bonchev–Trinajstić information content (AvgIpc) is 3.43. The molecule has 1 fully saturated rings. The summed E-state index contributed by atoms with van der Waals surface area (Å²) in [4.78, 5) is 40.3. The molecule has 0 aromatic heterocycles. The zero-order valence-electron chi connectivity index (χ0n) is 32.9. The van der Waals surface area contributed by atoms with E-state index in [9.17, 15) is 106 Å². The van der Waals surface area contributed by atoms with Crippen molar-refractivity contribution in [2.75, 3.05) is 4.90 Å². The molecule has 1 saturated heterocycles. The quantitative estimate of drug-likeness (QED) is 0.0157. The minimum Gasteiger partial charge on any atom is -0.614 e. The van der Waals surface area contributed by atoms with Gasteiger partial charge in [0.15, 0.2) is 65.3 Å². The number of primary amides is 1. The number of anilines is 1. The van der Waals surface area contributed by atoms with E-state index < -0.39 is 149 Å². The molecule has 1 aliphatic rings. The van der Waals surface area contributed by atoms with Crippen LogP contribution in [0, 0.1) is 11.8 Å². The number of carbonyl (C=O) groups is 3. The van der Waals surface area contributed by atoms with Crippen molar-refractivity contribution in [2.45, 2.75) is 40.8 Å². The van der Waals surface area contributed by atoms with Crippen molar-refractivity contribution in [3.63, 3.8) is 0 Å². The number of aliphatic hydroxyl groups is 9. The number of aromatic hydroxyl groups is 8. The minimum absolute atomic E-state index is 0.266. The predicted octanol–water partition coefficient (Wildman–Crippen LogP) is -7.19. The van der Waals surface area contributed by atoms with Crippen molar-refractivity contribution in [1.82, 2.24) is 5.32 Å². The number of hydrogen-bond donors (Lipinski definition) is 19. The van der Waals surface area contributed by atoms with Crippen molar-refractivity contribution in [3.8, 4) is 69.3 Å². The first-order valence-corrected chi connectivity index (χ1v) is 19.0. The molecule has 26 nitrogen and oxygen atoms in total. The lowest BCUT2D eigenvalue weighted by Crippen LogP contribution is -2.63. The molecule has 29 heteroatoms. The standard InChI is InChI=1S/C36H35B2N3O23S/c37-21-28(49)24(45)15(25(46)29(21)50)6-5-14-22(43)26(47)20(27(48)23(14)44)32-41(13-3-1-2-11(8-13)30(39)51)31(52)18(65(32)62)10-19(42)40-34(54,55)33(38,53)12-4-7-16(63-35(56,57)58)17(9-12)64-36(59,60)61/h1-4,7-9,18,32,43-50,53-61H,10,37-38H2,(H2,39,51)(H,40,42). The second-order valence-electron chi connectivity index (χ2n) is 14.1. The first-order valence-electron chi connectivity index (χ1n) is 17.8. The van der Waals surface area contributed by atoms with Crippen LogP contribution in [0.15, 0.2) is 42.5 Å². The van der Waals surface area contributed by atoms with E-state index in [1.54, 1.807) is 5.32 Å². The molecule has 4 unspecified atom stereocenters. The Morgan fingerprint density at radius 1 is 0.754 bits per heavy atom. The maximum absolute atomic E-state index is 14.4. The van der Waals surface area contributed by atoms with Gasteiger partial charge in [-0.15, -0.1) is 0 Å². The molecule has 20 N–H and O–H groups in total. The number of phenolic OH excluding ortho intramolecular Hbond substituents is 8. The zero-order valence-corrected chi connectivity index (χ0v) is 33.7. The number of benzene rings is 4. The Morgan fingerprint density at radius 2 is 1.25 bits per heavy atom. The Labute approximate surface area is 366 Å². The van der Waals surface area contributed by atoms with Crippen LogP contribution in [0.4, 0.5) is 5.69 Å². The molecular formula is C36H35B2N3O23S. The van der Waals surface area contributed by atoms with Crippen LogP contribution in [0.5, 0.6) is 57.5 Å². The van der Waals surface area contributed by atoms with Crippen LogP contribution in [0.2, 0.25) is 0 Å². The van der Waals surface area contributed by atoms with Gasteiger partial charge in [-0.3, -0.25) is 19.3 Å². The lowest BCUT2D eigenvalue weighted by atomic mass is 9.72. The van der Waals surface area contributed by atoms with Crippen molar-refractivity contribution < 1.29 is 115 Å². The third kappa shape index (κ3) is 9.43. The summed E-state index contributed by atoms with van der Waals surface area (Å²) in [5.74, 6) is -15.5. The number of ether oxygens (including phenoxy) is 2. The molecular weight excluding hydrogens is 896 g/mol. The van der Waals surface area contributed by atoms with Crippen molar-refractivity contribution in [1.29, 1.82) is 0 Å². The Hall–Kier alpha value is -7.07. The van der Waals surface area contributed by atoms with E-state index in [1.807, 2.05) is 11.8 Å². The third-order valence-electron chi connectivity index (χ3n) is 9.64. The van der Waals surface area contributed by atoms with Crippen molar-refractivity contribution >= 4 is 55.7 Å². The first kappa shape index (κ1) is 49.0. The lowest BCUT2D eigenvalue weighted by Gasteiger charge is -2.38. The van der Waals surface area contributed by atoms with Gasteiger partial charge in [-0.2, -0.15) is 0 Å². The topological polar surface area (TPSA) is 478 Å². The van der Waals surface area contributed by atoms with E-state index in [0.29, 0.717) is 30.9 Å². The van der Waals surface area contributed by atoms with E-state index in [2.05, 4.69) is 9.47 Å². The molecule has 0 aliphatic carbocycles. The second kappa shape index (κ2) is 17.1. The van der Waals surface area contributed by atoms with Crippen LogP contribution in [-0.4, -0.2) is 148 Å². The fourth-order valence-electron chi connectivity index (χ4n) is 6.25. The number of nitrogens with two attached hydrogens (primary N) is 1. The Morgan fingerprint density at radius 3 is 1.74 bits per heavy atom. The van der Waals surface area contributed by atoms with Gasteiger partial charge in [0.2, 0.25) is 22.4 Å². The summed E-state index contributed by atoms with van der Waals surface area (Å²) in [6, 6.07) is 6.22. The second-order valence-corrected chi connectivity index (χ2v) is 15.8. The third-order valence-corrected chi connectivity index (χ3v) is 11.5. The summed E-state index contributed by atoms with van der Waals surface area (Å²) in [5.41, 5.74) is -2.52. The molecule has 5 rings (SSSR count). The van der Waals surface area contributed by atoms with Gasteiger partial charge in [-0.1, -0.05) is 24.0 Å². The fourth-order valence-corrected chi connectivity index (χ4v) is 8.08. The Bertz CT molecular complexity index is 2620. The maximum atomic E-state index is 14.4. The van der Waals surface area contributed by atoms with Gasteiger partial charge in [0.25, 0.3) is 11.8 Å². The number of carbonyl (C=O) groups excluding carboxylic acids is 3. The van der Waals surface area contributed by atoms with Crippen LogP contribution in [0.3, 0.4) is 0 Å². The van der Waals surface area contributed by atoms with Crippen LogP contribution in [-0.2, 0) is 26.3 Å². The van der Waals surface area contributed by atoms with E-state index in [-0.39, 0.29) is 16.7 Å². The number of phenols is 8. The molecule has 4 aromatic rings. The number of nitrogens with one attached hydrogen (secondary N) is 1. The molecule has 0 spiro atoms. The average molecular weight is 931 g/mol. The van der Waals surface area contributed by atoms with Crippen LogP contribution >= 0.6 is 0 Å². The molecule has 1 heterocycles. The smallest absolute Gasteiger partial charge is 0.453 e. The molecule has 344 valence electrons. The van der Waals surface area contributed by atoms with Crippen molar-refractivity contribution in [3.05, 3.63) is 70.3 Å². The summed E-state index contributed by atoms with van der Waals surface area (Å²) in [7, 11) is 1.73. The van der Waals surface area contributed by atoms with Crippen LogP contribution in [0.25, 0.3) is 0 Å². The van der Waals surface area contributed by atoms with Crippen LogP contribution in [0.1, 0.15) is 44.4 Å². The highest BCUT2D eigenvalue weighted by Crippen LogP contribution is 2.55. The number of nitrogens with zero attached hydrogens (tertiary/aromatic N) is 1. The van der Waals surface area contributed by atoms with Gasteiger partial charge in [0, 0.05) is 16.7 Å². The van der Waals surface area contributed by atoms with E-state index in [0.717, 1.165) is 20.0 Å². The highest BCUT2D eigenvalue weighted by molar-refractivity contribution is 7.93. The molecule has 4 aromatic carbocycles. The van der Waals surface area contributed by atoms with Gasteiger partial charge in [0.05, 0.1) is 6.42 Å². The Kier molecular flexibility index (Phi) is 12.9. The van der Waals surface area contributed by atoms with E-state index in [1.165, 1.54) is 12.1 Å². The normalized spacial score (nSPS) is 17.5. The first-order chi connectivity index (χ1) is 29.8. The monoisotopic (exact) mass is 931 g/mol. The van der Waals surface area contributed by atoms with Crippen molar-refractivity contribution in [2.24, 2.45) is 5.73 Å². The number of rotatable bonds is 12. The molecule has 0 saturated carbocycles. The molecule has 0 radical (unpaired) electrons. The minimum atomic E-state index is -4.04. The van der Waals surface area contributed by atoms with Gasteiger partial charge in [-0.05, 0) is 47.1 Å². The summed E-state index contributed by atoms with van der Waals surface area (Å²) >= 11 is -2.94. The lowest BCUT2D eigenvalue weighted by molar-refractivity contribution is -0.428. The zero-order chi connectivity index (χ0) is 49.0.